The Morgan fingerprint density at radius 3 is 2.57 bits per heavy atom. The van der Waals surface area contributed by atoms with Crippen LogP contribution >= 0.6 is 0 Å². The number of rotatable bonds is 3. The molecular formula is C10H19N3O. The van der Waals surface area contributed by atoms with Crippen molar-refractivity contribution in [2.24, 2.45) is 12.8 Å². The van der Waals surface area contributed by atoms with Crippen LogP contribution in [0.2, 0.25) is 0 Å². The van der Waals surface area contributed by atoms with Gasteiger partial charge in [-0.2, -0.15) is 5.10 Å². The minimum Gasteiger partial charge on any atom is -0.387 e. The topological polar surface area (TPSA) is 64.1 Å². The van der Waals surface area contributed by atoms with E-state index in [0.29, 0.717) is 12.1 Å². The summed E-state index contributed by atoms with van der Waals surface area (Å²) in [7, 11) is 1.86. The molecule has 1 atom stereocenters. The molecular weight excluding hydrogens is 178 g/mol. The van der Waals surface area contributed by atoms with Crippen LogP contribution in [0.1, 0.15) is 37.8 Å². The fourth-order valence-electron chi connectivity index (χ4n) is 1.35. The first kappa shape index (κ1) is 11.2. The molecule has 0 radical (unpaired) electrons. The third-order valence-corrected chi connectivity index (χ3v) is 2.19. The minimum absolute atomic E-state index is 0.370. The summed E-state index contributed by atoms with van der Waals surface area (Å²) in [5.74, 6) is 0. The molecule has 0 amide bonds. The van der Waals surface area contributed by atoms with E-state index in [1.807, 2.05) is 33.9 Å². The Bertz CT molecular complexity index is 292. The van der Waals surface area contributed by atoms with Crippen molar-refractivity contribution in [1.82, 2.24) is 9.78 Å². The van der Waals surface area contributed by atoms with Crippen molar-refractivity contribution in [2.45, 2.75) is 38.8 Å². The van der Waals surface area contributed by atoms with Crippen LogP contribution < -0.4 is 5.73 Å². The zero-order valence-electron chi connectivity index (χ0n) is 9.28. The van der Waals surface area contributed by atoms with E-state index in [-0.39, 0.29) is 5.54 Å². The number of nitrogens with two attached hydrogens (primary N) is 1. The molecule has 1 unspecified atom stereocenters. The van der Waals surface area contributed by atoms with Crippen molar-refractivity contribution in [1.29, 1.82) is 0 Å². The number of aliphatic hydroxyl groups is 1. The average molecular weight is 197 g/mol. The molecule has 0 aliphatic heterocycles. The van der Waals surface area contributed by atoms with Crippen LogP contribution in [0.4, 0.5) is 0 Å². The molecule has 80 valence electrons. The van der Waals surface area contributed by atoms with Gasteiger partial charge in [0.1, 0.15) is 0 Å². The highest BCUT2D eigenvalue weighted by atomic mass is 16.3. The molecule has 0 saturated heterocycles. The number of aromatic nitrogens is 2. The van der Waals surface area contributed by atoms with Gasteiger partial charge in [0.15, 0.2) is 0 Å². The van der Waals surface area contributed by atoms with Gasteiger partial charge < -0.3 is 10.8 Å². The van der Waals surface area contributed by atoms with Crippen molar-refractivity contribution in [2.75, 3.05) is 0 Å². The Hall–Kier alpha value is -0.870. The highest BCUT2D eigenvalue weighted by molar-refractivity contribution is 5.11. The van der Waals surface area contributed by atoms with Crippen molar-refractivity contribution in [3.63, 3.8) is 0 Å². The maximum Gasteiger partial charge on any atom is 0.0995 e. The van der Waals surface area contributed by atoms with Gasteiger partial charge in [-0.15, -0.1) is 0 Å². The Labute approximate surface area is 84.7 Å². The number of aliphatic hydroxyl groups excluding tert-OH is 1. The van der Waals surface area contributed by atoms with Gasteiger partial charge in [0.25, 0.3) is 0 Å². The van der Waals surface area contributed by atoms with Crippen LogP contribution in [0.25, 0.3) is 0 Å². The molecule has 1 heterocycles. The zero-order valence-corrected chi connectivity index (χ0v) is 9.28. The SMILES string of the molecule is Cc1cc(C(O)CC(C)(C)N)nn1C. The number of nitrogens with zero attached hydrogens (tertiary/aromatic N) is 2. The van der Waals surface area contributed by atoms with E-state index in [9.17, 15) is 5.11 Å². The van der Waals surface area contributed by atoms with Gasteiger partial charge in [-0.25, -0.2) is 0 Å². The zero-order chi connectivity index (χ0) is 10.9. The second-order valence-electron chi connectivity index (χ2n) is 4.54. The van der Waals surface area contributed by atoms with Crippen LogP contribution in [-0.4, -0.2) is 20.4 Å². The fraction of sp³-hybridized carbons (Fsp3) is 0.700. The third-order valence-electron chi connectivity index (χ3n) is 2.19. The normalized spacial score (nSPS) is 14.4. The highest BCUT2D eigenvalue weighted by Crippen LogP contribution is 2.21. The lowest BCUT2D eigenvalue weighted by molar-refractivity contribution is 0.137. The van der Waals surface area contributed by atoms with Gasteiger partial charge in [-0.05, 0) is 33.3 Å². The van der Waals surface area contributed by atoms with E-state index < -0.39 is 6.10 Å². The molecule has 0 aliphatic carbocycles. The van der Waals surface area contributed by atoms with Crippen LogP contribution in [-0.2, 0) is 7.05 Å². The monoisotopic (exact) mass is 197 g/mol. The molecule has 4 heteroatoms. The fourth-order valence-corrected chi connectivity index (χ4v) is 1.35. The first-order chi connectivity index (χ1) is 6.29. The standard InChI is InChI=1S/C10H19N3O/c1-7-5-8(12-13(7)4)9(14)6-10(2,3)11/h5,9,14H,6,11H2,1-4H3. The van der Waals surface area contributed by atoms with Crippen molar-refractivity contribution in [3.8, 4) is 0 Å². The quantitative estimate of drug-likeness (QED) is 0.756. The molecule has 0 spiro atoms. The minimum atomic E-state index is -0.574. The highest BCUT2D eigenvalue weighted by Gasteiger charge is 2.20. The van der Waals surface area contributed by atoms with Gasteiger partial charge >= 0.3 is 0 Å². The van der Waals surface area contributed by atoms with Crippen molar-refractivity contribution in [3.05, 3.63) is 17.5 Å². The van der Waals surface area contributed by atoms with E-state index in [2.05, 4.69) is 5.10 Å². The molecule has 1 aromatic heterocycles. The summed E-state index contributed by atoms with van der Waals surface area (Å²) in [5, 5.41) is 14.0. The maximum absolute atomic E-state index is 9.84. The van der Waals surface area contributed by atoms with Crippen LogP contribution in [0.3, 0.4) is 0 Å². The molecule has 0 aliphatic rings. The predicted octanol–water partition coefficient (Wildman–Crippen LogP) is 0.889. The molecule has 0 bridgehead atoms. The summed E-state index contributed by atoms with van der Waals surface area (Å²) >= 11 is 0. The molecule has 1 rings (SSSR count). The van der Waals surface area contributed by atoms with Crippen molar-refractivity contribution < 1.29 is 5.11 Å². The van der Waals surface area contributed by atoms with E-state index >= 15 is 0 Å². The average Bonchev–Trinajstić information content (AvgIpc) is 2.28. The summed E-state index contributed by atoms with van der Waals surface area (Å²) in [6.07, 6.45) is -0.0569. The molecule has 14 heavy (non-hydrogen) atoms. The number of hydrogen-bond donors (Lipinski definition) is 2. The molecule has 1 aromatic rings. The molecule has 0 aromatic carbocycles. The van der Waals surface area contributed by atoms with Crippen LogP contribution in [0.5, 0.6) is 0 Å². The summed E-state index contributed by atoms with van der Waals surface area (Å²) in [6.45, 7) is 5.74. The largest absolute Gasteiger partial charge is 0.387 e. The first-order valence-electron chi connectivity index (χ1n) is 4.77. The van der Waals surface area contributed by atoms with Gasteiger partial charge in [0, 0.05) is 18.3 Å². The van der Waals surface area contributed by atoms with Gasteiger partial charge in [0.05, 0.1) is 11.8 Å². The Kier molecular flexibility index (Phi) is 2.97. The molecule has 0 saturated carbocycles. The second-order valence-corrected chi connectivity index (χ2v) is 4.54. The lowest BCUT2D eigenvalue weighted by atomic mass is 9.96. The van der Waals surface area contributed by atoms with E-state index in [1.165, 1.54) is 0 Å². The molecule has 3 N–H and O–H groups in total. The summed E-state index contributed by atoms with van der Waals surface area (Å²) in [4.78, 5) is 0. The second kappa shape index (κ2) is 3.71. The maximum atomic E-state index is 9.84. The van der Waals surface area contributed by atoms with Crippen LogP contribution in [0.15, 0.2) is 6.07 Å². The lowest BCUT2D eigenvalue weighted by Gasteiger charge is -2.21. The third kappa shape index (κ3) is 2.82. The van der Waals surface area contributed by atoms with Crippen LogP contribution in [0, 0.1) is 6.92 Å². The molecule has 0 fully saturated rings. The smallest absolute Gasteiger partial charge is 0.0995 e. The Morgan fingerprint density at radius 1 is 1.64 bits per heavy atom. The Morgan fingerprint density at radius 2 is 2.21 bits per heavy atom. The molecule has 4 nitrogen and oxygen atoms in total. The number of hydrogen-bond acceptors (Lipinski definition) is 3. The predicted molar refractivity (Wildman–Crippen MR) is 55.8 cm³/mol. The first-order valence-corrected chi connectivity index (χ1v) is 4.77. The van der Waals surface area contributed by atoms with Gasteiger partial charge in [-0.1, -0.05) is 0 Å². The Balaban J connectivity index is 2.75. The summed E-state index contributed by atoms with van der Waals surface area (Å²) in [5.41, 5.74) is 7.19. The van der Waals surface area contributed by atoms with Gasteiger partial charge in [0.2, 0.25) is 0 Å². The van der Waals surface area contributed by atoms with E-state index in [0.717, 1.165) is 5.69 Å². The van der Waals surface area contributed by atoms with E-state index in [1.54, 1.807) is 4.68 Å². The lowest BCUT2D eigenvalue weighted by Crippen LogP contribution is -2.33. The summed E-state index contributed by atoms with van der Waals surface area (Å²) < 4.78 is 1.75. The van der Waals surface area contributed by atoms with E-state index in [4.69, 9.17) is 5.73 Å². The number of aryl methyl sites for hydroxylation is 2. The van der Waals surface area contributed by atoms with Crippen molar-refractivity contribution >= 4 is 0 Å². The van der Waals surface area contributed by atoms with Gasteiger partial charge in [-0.3, -0.25) is 4.68 Å². The summed E-state index contributed by atoms with van der Waals surface area (Å²) in [6, 6.07) is 1.89.